The van der Waals surface area contributed by atoms with Crippen LogP contribution in [0.4, 0.5) is 0 Å². The summed E-state index contributed by atoms with van der Waals surface area (Å²) in [4.78, 5) is 2.21. The summed E-state index contributed by atoms with van der Waals surface area (Å²) in [5.41, 5.74) is 1.38. The van der Waals surface area contributed by atoms with Crippen molar-refractivity contribution < 1.29 is 0 Å². The van der Waals surface area contributed by atoms with Crippen LogP contribution < -0.4 is 5.32 Å². The average molecular weight is 343 g/mol. The number of halogens is 1. The van der Waals surface area contributed by atoms with Gasteiger partial charge in [-0.3, -0.25) is 4.68 Å². The van der Waals surface area contributed by atoms with Crippen LogP contribution in [0, 0.1) is 0 Å². The van der Waals surface area contributed by atoms with E-state index in [1.165, 1.54) is 42.3 Å². The van der Waals surface area contributed by atoms with E-state index in [1.807, 2.05) is 6.20 Å². The molecule has 1 saturated carbocycles. The molecule has 1 aromatic heterocycles. The first-order valence-electron chi connectivity index (χ1n) is 7.66. The number of nitrogens with zero attached hydrogens (tertiary/aromatic N) is 3. The molecule has 2 unspecified atom stereocenters. The molecule has 0 saturated heterocycles. The number of hydrogen-bond donors (Lipinski definition) is 1. The summed E-state index contributed by atoms with van der Waals surface area (Å²) < 4.78 is 3.37. The summed E-state index contributed by atoms with van der Waals surface area (Å²) in [5.74, 6) is 0.571. The van der Waals surface area contributed by atoms with E-state index in [1.54, 1.807) is 0 Å². The quantitative estimate of drug-likeness (QED) is 0.835. The largest absolute Gasteiger partial charge is 0.316 e. The molecule has 20 heavy (non-hydrogen) atoms. The Morgan fingerprint density at radius 2 is 2.10 bits per heavy atom. The molecule has 1 fully saturated rings. The Kier molecular flexibility index (Phi) is 6.05. The van der Waals surface area contributed by atoms with Crippen molar-refractivity contribution in [2.24, 2.45) is 0 Å². The number of nitrogens with one attached hydrogen (secondary N) is 1. The third-order valence-electron chi connectivity index (χ3n) is 4.33. The van der Waals surface area contributed by atoms with Crippen molar-refractivity contribution >= 4 is 15.9 Å². The zero-order valence-electron chi connectivity index (χ0n) is 12.9. The van der Waals surface area contributed by atoms with Gasteiger partial charge in [0.05, 0.1) is 22.9 Å². The fourth-order valence-corrected chi connectivity index (χ4v) is 3.78. The third kappa shape index (κ3) is 3.83. The monoisotopic (exact) mass is 342 g/mol. The molecule has 1 heterocycles. The van der Waals surface area contributed by atoms with Crippen LogP contribution in [0.1, 0.15) is 43.7 Å². The molecule has 0 amide bonds. The topological polar surface area (TPSA) is 33.1 Å². The summed E-state index contributed by atoms with van der Waals surface area (Å²) >= 11 is 3.72. The van der Waals surface area contributed by atoms with Crippen LogP contribution in [-0.4, -0.2) is 48.4 Å². The number of rotatable bonds is 5. The van der Waals surface area contributed by atoms with Gasteiger partial charge in [0.1, 0.15) is 0 Å². The van der Waals surface area contributed by atoms with Gasteiger partial charge in [-0.25, -0.2) is 0 Å². The number of hydrogen-bond acceptors (Lipinski definition) is 3. The summed E-state index contributed by atoms with van der Waals surface area (Å²) in [5, 5.41) is 8.11. The molecule has 0 spiro atoms. The van der Waals surface area contributed by atoms with Crippen molar-refractivity contribution in [2.45, 2.75) is 50.6 Å². The van der Waals surface area contributed by atoms with Gasteiger partial charge >= 0.3 is 0 Å². The van der Waals surface area contributed by atoms with Crippen molar-refractivity contribution in [3.8, 4) is 0 Å². The van der Waals surface area contributed by atoms with Gasteiger partial charge in [-0.2, -0.15) is 5.10 Å². The molecule has 114 valence electrons. The molecule has 2 atom stereocenters. The Labute approximate surface area is 131 Å². The highest BCUT2D eigenvalue weighted by molar-refractivity contribution is 9.10. The van der Waals surface area contributed by atoms with Crippen molar-refractivity contribution in [3.05, 3.63) is 16.4 Å². The molecule has 4 nitrogen and oxygen atoms in total. The molecule has 1 aliphatic rings. The molecule has 0 aromatic carbocycles. The summed E-state index contributed by atoms with van der Waals surface area (Å²) in [7, 11) is 6.32. The molecule has 1 aliphatic carbocycles. The highest BCUT2D eigenvalue weighted by atomic mass is 79.9. The Balaban J connectivity index is 2.22. The van der Waals surface area contributed by atoms with Gasteiger partial charge in [-0.1, -0.05) is 19.3 Å². The molecule has 0 aliphatic heterocycles. The molecule has 1 aromatic rings. The number of likely N-dealkylation sites (N-methyl/N-ethyl adjacent to an activating group) is 2. The molecule has 0 radical (unpaired) electrons. The van der Waals surface area contributed by atoms with E-state index >= 15 is 0 Å². The third-order valence-corrected chi connectivity index (χ3v) is 4.94. The lowest BCUT2D eigenvalue weighted by molar-refractivity contribution is 0.354. The minimum absolute atomic E-state index is 0.571. The van der Waals surface area contributed by atoms with Crippen molar-refractivity contribution in [3.63, 3.8) is 0 Å². The Morgan fingerprint density at radius 1 is 1.35 bits per heavy atom. The highest BCUT2D eigenvalue weighted by Gasteiger charge is 2.28. The second-order valence-corrected chi connectivity index (χ2v) is 6.90. The zero-order valence-corrected chi connectivity index (χ0v) is 14.5. The van der Waals surface area contributed by atoms with Gasteiger partial charge in [-0.15, -0.1) is 0 Å². The van der Waals surface area contributed by atoms with Gasteiger partial charge in [0.15, 0.2) is 0 Å². The van der Waals surface area contributed by atoms with Crippen molar-refractivity contribution in [1.29, 1.82) is 0 Å². The minimum Gasteiger partial charge on any atom is -0.316 e. The van der Waals surface area contributed by atoms with Crippen molar-refractivity contribution in [2.75, 3.05) is 27.7 Å². The molecule has 0 bridgehead atoms. The minimum atomic E-state index is 0.571. The Hall–Kier alpha value is -0.390. The van der Waals surface area contributed by atoms with Crippen LogP contribution in [0.2, 0.25) is 0 Å². The second-order valence-electron chi connectivity index (χ2n) is 6.04. The standard InChI is InChI=1S/C15H27BrN4/c1-17-14-8-6-4-5-7-12(14)15-13(16)11-18-20(15)10-9-19(2)3/h11-12,14,17H,4-10H2,1-3H3. The lowest BCUT2D eigenvalue weighted by atomic mass is 9.91. The van der Waals surface area contributed by atoms with Crippen LogP contribution in [0.3, 0.4) is 0 Å². The molecular weight excluding hydrogens is 316 g/mol. The summed E-state index contributed by atoms with van der Waals surface area (Å²) in [6.45, 7) is 1.99. The number of aromatic nitrogens is 2. The lowest BCUT2D eigenvalue weighted by Gasteiger charge is -2.26. The average Bonchev–Trinajstić information content (AvgIpc) is 2.63. The van der Waals surface area contributed by atoms with Gasteiger partial charge in [0.2, 0.25) is 0 Å². The van der Waals surface area contributed by atoms with Crippen LogP contribution in [-0.2, 0) is 6.54 Å². The van der Waals surface area contributed by atoms with Crippen LogP contribution in [0.5, 0.6) is 0 Å². The van der Waals surface area contributed by atoms with E-state index in [9.17, 15) is 0 Å². The van der Waals surface area contributed by atoms with E-state index in [0.717, 1.165) is 13.1 Å². The first-order valence-corrected chi connectivity index (χ1v) is 8.46. The maximum Gasteiger partial charge on any atom is 0.0635 e. The molecule has 5 heteroatoms. The highest BCUT2D eigenvalue weighted by Crippen LogP contribution is 2.35. The fourth-order valence-electron chi connectivity index (χ4n) is 3.19. The van der Waals surface area contributed by atoms with Crippen LogP contribution in [0.25, 0.3) is 0 Å². The molecule has 2 rings (SSSR count). The smallest absolute Gasteiger partial charge is 0.0635 e. The van der Waals surface area contributed by atoms with E-state index in [4.69, 9.17) is 0 Å². The van der Waals surface area contributed by atoms with E-state index in [2.05, 4.69) is 57.1 Å². The molecular formula is C15H27BrN4. The van der Waals surface area contributed by atoms with Gasteiger partial charge in [0.25, 0.3) is 0 Å². The van der Waals surface area contributed by atoms with Crippen molar-refractivity contribution in [1.82, 2.24) is 20.0 Å². The predicted octanol–water partition coefficient (Wildman–Crippen LogP) is 2.84. The summed E-state index contributed by atoms with van der Waals surface area (Å²) in [6.07, 6.45) is 8.52. The first-order chi connectivity index (χ1) is 9.63. The fraction of sp³-hybridized carbons (Fsp3) is 0.800. The van der Waals surface area contributed by atoms with E-state index < -0.39 is 0 Å². The van der Waals surface area contributed by atoms with E-state index in [0.29, 0.717) is 12.0 Å². The SMILES string of the molecule is CNC1CCCCCC1c1c(Br)cnn1CCN(C)C. The Morgan fingerprint density at radius 3 is 2.80 bits per heavy atom. The predicted molar refractivity (Wildman–Crippen MR) is 87.2 cm³/mol. The van der Waals surface area contributed by atoms with Gasteiger partial charge in [-0.05, 0) is 49.9 Å². The summed E-state index contributed by atoms with van der Waals surface area (Å²) in [6, 6.07) is 0.573. The van der Waals surface area contributed by atoms with Crippen LogP contribution >= 0.6 is 15.9 Å². The van der Waals surface area contributed by atoms with E-state index in [-0.39, 0.29) is 0 Å². The zero-order chi connectivity index (χ0) is 14.5. The maximum atomic E-state index is 4.58. The normalized spacial score (nSPS) is 24.1. The van der Waals surface area contributed by atoms with Gasteiger partial charge < -0.3 is 10.2 Å². The second kappa shape index (κ2) is 7.57. The maximum absolute atomic E-state index is 4.58. The lowest BCUT2D eigenvalue weighted by Crippen LogP contribution is -2.33. The van der Waals surface area contributed by atoms with Gasteiger partial charge in [0, 0.05) is 18.5 Å². The van der Waals surface area contributed by atoms with Crippen LogP contribution in [0.15, 0.2) is 10.7 Å². The Bertz CT molecular complexity index is 416. The first kappa shape index (κ1) is 16.0. The molecule has 1 N–H and O–H groups in total.